The smallest absolute Gasteiger partial charge is 0.293 e. The molecule has 6 nitrogen and oxygen atoms in total. The van der Waals surface area contributed by atoms with Gasteiger partial charge >= 0.3 is 0 Å². The van der Waals surface area contributed by atoms with Gasteiger partial charge in [0.2, 0.25) is 0 Å². The highest BCUT2D eigenvalue weighted by atomic mass is 32.1. The van der Waals surface area contributed by atoms with Crippen molar-refractivity contribution in [1.82, 2.24) is 9.79 Å². The Balaban J connectivity index is 1.60. The van der Waals surface area contributed by atoms with E-state index in [1.807, 2.05) is 0 Å². The van der Waals surface area contributed by atoms with Crippen molar-refractivity contribution in [2.24, 2.45) is 0 Å². The van der Waals surface area contributed by atoms with Gasteiger partial charge in [0.1, 0.15) is 17.7 Å². The topological polar surface area (TPSA) is 71.9 Å². The number of thiazole rings is 1. The van der Waals surface area contributed by atoms with Crippen molar-refractivity contribution >= 4 is 24.9 Å². The average Bonchev–Trinajstić information content (AvgIpc) is 2.90. The predicted octanol–water partition coefficient (Wildman–Crippen LogP) is 0.845. The van der Waals surface area contributed by atoms with Crippen molar-refractivity contribution in [3.8, 4) is 0 Å². The number of rotatable bonds is 5. The number of hydrogen-bond donors (Lipinski definition) is 1. The number of carbonyl (C=O) groups excluding carboxylic acids is 1. The number of β-amino-alcohol motifs (C(OH)–C–C–N with tert-alkyl or cyclic N) is 1. The predicted molar refractivity (Wildman–Crippen MR) is 78.4 cm³/mol. The van der Waals surface area contributed by atoms with Gasteiger partial charge in [-0.25, -0.2) is 4.98 Å². The molecule has 3 heterocycles. The molecule has 0 bridgehead atoms. The third-order valence-electron chi connectivity index (χ3n) is 3.64. The molecular formula is C13H18BN2O4S. The van der Waals surface area contributed by atoms with Crippen molar-refractivity contribution in [1.29, 1.82) is 0 Å². The van der Waals surface area contributed by atoms with Gasteiger partial charge in [-0.1, -0.05) is 0 Å². The maximum atomic E-state index is 10.5. The molecule has 1 fully saturated rings. The summed E-state index contributed by atoms with van der Waals surface area (Å²) >= 11 is 1.48. The largest absolute Gasteiger partial charge is 0.386 e. The summed E-state index contributed by atoms with van der Waals surface area (Å²) in [6.07, 6.45) is 3.16. The van der Waals surface area contributed by atoms with E-state index < -0.39 is 6.10 Å². The number of fused-ring (bicyclic) bond motifs is 1. The molecule has 1 saturated heterocycles. The highest BCUT2D eigenvalue weighted by molar-refractivity contribution is 7.11. The van der Waals surface area contributed by atoms with Gasteiger partial charge in [0.15, 0.2) is 6.29 Å². The van der Waals surface area contributed by atoms with Crippen molar-refractivity contribution < 1.29 is 19.4 Å². The second-order valence-corrected chi connectivity index (χ2v) is 6.37. The molecular weight excluding hydrogens is 291 g/mol. The van der Waals surface area contributed by atoms with Crippen LogP contribution in [0.3, 0.4) is 0 Å². The number of carbonyl (C=O) groups is 1. The number of aliphatic hydroxyl groups excluding tert-OH is 1. The van der Waals surface area contributed by atoms with Crippen LogP contribution in [0.25, 0.3) is 0 Å². The summed E-state index contributed by atoms with van der Waals surface area (Å²) in [5.74, 6) is 0. The molecule has 0 aromatic carbocycles. The van der Waals surface area contributed by atoms with E-state index in [2.05, 4.69) is 4.98 Å². The second-order valence-electron chi connectivity index (χ2n) is 5.26. The number of aromatic nitrogens is 1. The molecule has 2 atom stereocenters. The fourth-order valence-electron chi connectivity index (χ4n) is 2.62. The van der Waals surface area contributed by atoms with Gasteiger partial charge in [0, 0.05) is 19.7 Å². The van der Waals surface area contributed by atoms with Crippen LogP contribution in [-0.2, 0) is 27.4 Å². The third kappa shape index (κ3) is 3.70. The number of hydrogen-bond acceptors (Lipinski definition) is 7. The lowest BCUT2D eigenvalue weighted by atomic mass is 9.91. The first kappa shape index (κ1) is 15.1. The van der Waals surface area contributed by atoms with Gasteiger partial charge in [0.25, 0.3) is 7.41 Å². The van der Waals surface area contributed by atoms with E-state index >= 15 is 0 Å². The first-order chi connectivity index (χ1) is 10.3. The molecule has 0 amide bonds. The lowest BCUT2D eigenvalue weighted by Gasteiger charge is -2.27. The van der Waals surface area contributed by atoms with Crippen LogP contribution in [0.15, 0.2) is 0 Å². The number of aliphatic hydroxyl groups is 1. The van der Waals surface area contributed by atoms with Crippen LogP contribution in [-0.4, -0.2) is 47.9 Å². The van der Waals surface area contributed by atoms with Crippen LogP contribution in [0, 0.1) is 0 Å². The molecule has 2 unspecified atom stereocenters. The molecule has 0 aliphatic carbocycles. The molecule has 8 heteroatoms. The maximum absolute atomic E-state index is 10.5. The molecule has 1 radical (unpaired) electrons. The van der Waals surface area contributed by atoms with Crippen LogP contribution in [0.5, 0.6) is 0 Å². The minimum absolute atomic E-state index is 0.135. The molecule has 0 saturated carbocycles. The van der Waals surface area contributed by atoms with Crippen LogP contribution >= 0.6 is 11.3 Å². The van der Waals surface area contributed by atoms with Crippen molar-refractivity contribution in [3.05, 3.63) is 15.6 Å². The van der Waals surface area contributed by atoms with Crippen LogP contribution in [0.4, 0.5) is 0 Å². The number of ether oxygens (including phenoxy) is 2. The summed E-state index contributed by atoms with van der Waals surface area (Å²) < 4.78 is 11.2. The summed E-state index contributed by atoms with van der Waals surface area (Å²) in [5, 5.41) is 11.0. The first-order valence-electron chi connectivity index (χ1n) is 7.18. The van der Waals surface area contributed by atoms with Gasteiger partial charge in [-0.15, -0.1) is 11.3 Å². The van der Waals surface area contributed by atoms with Gasteiger partial charge in [-0.3, -0.25) is 0 Å². The van der Waals surface area contributed by atoms with E-state index in [1.165, 1.54) is 18.8 Å². The molecule has 0 spiro atoms. The minimum Gasteiger partial charge on any atom is -0.386 e. The summed E-state index contributed by atoms with van der Waals surface area (Å²) in [6, 6.07) is 0. The Morgan fingerprint density at radius 1 is 1.57 bits per heavy atom. The zero-order chi connectivity index (χ0) is 14.7. The van der Waals surface area contributed by atoms with Gasteiger partial charge in [-0.05, 0) is 19.3 Å². The van der Waals surface area contributed by atoms with E-state index in [4.69, 9.17) is 9.47 Å². The van der Waals surface area contributed by atoms with Crippen molar-refractivity contribution in [3.63, 3.8) is 0 Å². The third-order valence-corrected chi connectivity index (χ3v) is 4.81. The zero-order valence-corrected chi connectivity index (χ0v) is 12.6. The molecule has 1 N–H and O–H groups in total. The van der Waals surface area contributed by atoms with Gasteiger partial charge < -0.3 is 24.2 Å². The minimum atomic E-state index is -0.595. The van der Waals surface area contributed by atoms with Crippen molar-refractivity contribution in [2.45, 2.75) is 44.8 Å². The highest BCUT2D eigenvalue weighted by Gasteiger charge is 2.28. The first-order valence-corrected chi connectivity index (χ1v) is 8.00. The zero-order valence-electron chi connectivity index (χ0n) is 11.7. The lowest BCUT2D eigenvalue weighted by molar-refractivity contribution is -0.168. The Labute approximate surface area is 128 Å². The molecule has 1 aromatic rings. The fourth-order valence-corrected chi connectivity index (χ4v) is 3.59. The van der Waals surface area contributed by atoms with Gasteiger partial charge in [0.05, 0.1) is 16.8 Å². The van der Waals surface area contributed by atoms with Crippen molar-refractivity contribution in [2.75, 3.05) is 13.2 Å². The summed E-state index contributed by atoms with van der Waals surface area (Å²) in [5.41, 5.74) is 0.833. The second kappa shape index (κ2) is 6.98. The molecule has 3 rings (SSSR count). The van der Waals surface area contributed by atoms with Crippen LogP contribution < -0.4 is 0 Å². The molecule has 1 aromatic heterocycles. The monoisotopic (exact) mass is 309 g/mol. The Bertz CT molecular complexity index is 493. The molecule has 21 heavy (non-hydrogen) atoms. The Kier molecular flexibility index (Phi) is 5.02. The lowest BCUT2D eigenvalue weighted by Crippen LogP contribution is -2.36. The average molecular weight is 309 g/mol. The maximum Gasteiger partial charge on any atom is 0.293 e. The SMILES string of the molecule is O=C[B]N1Cc2nc(COC3CCCCO3)sc2C(O)C1. The molecule has 113 valence electrons. The van der Waals surface area contributed by atoms with E-state index in [-0.39, 0.29) is 6.29 Å². The molecule has 2 aliphatic rings. The van der Waals surface area contributed by atoms with E-state index in [0.717, 1.165) is 47.6 Å². The quantitative estimate of drug-likeness (QED) is 0.642. The molecule has 2 aliphatic heterocycles. The Hall–Kier alpha value is -0.795. The Morgan fingerprint density at radius 2 is 2.48 bits per heavy atom. The van der Waals surface area contributed by atoms with E-state index in [0.29, 0.717) is 19.7 Å². The fraction of sp³-hybridized carbons (Fsp3) is 0.692. The van der Waals surface area contributed by atoms with Gasteiger partial charge in [-0.2, -0.15) is 0 Å². The highest BCUT2D eigenvalue weighted by Crippen LogP contribution is 2.31. The summed E-state index contributed by atoms with van der Waals surface area (Å²) in [6.45, 7) is 2.15. The van der Waals surface area contributed by atoms with E-state index in [9.17, 15) is 9.90 Å². The Morgan fingerprint density at radius 3 is 3.24 bits per heavy atom. The van der Waals surface area contributed by atoms with E-state index in [1.54, 1.807) is 4.81 Å². The summed E-state index contributed by atoms with van der Waals surface area (Å²) in [7, 11) is 1.44. The summed E-state index contributed by atoms with van der Waals surface area (Å²) in [4.78, 5) is 17.7. The van der Waals surface area contributed by atoms with Crippen LogP contribution in [0.1, 0.15) is 40.9 Å². The standard InChI is InChI=1S/C13H18BN2O4S/c17-8-14-16-5-9-13(10(18)6-16)21-11(15-9)7-20-12-3-1-2-4-19-12/h8,10,12,18H,1-7H2. The van der Waals surface area contributed by atoms with Crippen LogP contribution in [0.2, 0.25) is 0 Å². The normalized spacial score (nSPS) is 26.3. The number of nitrogens with zero attached hydrogens (tertiary/aromatic N) is 2.